The van der Waals surface area contributed by atoms with E-state index in [1.165, 1.54) is 24.5 Å². The van der Waals surface area contributed by atoms with Crippen LogP contribution in [0.4, 0.5) is 0 Å². The van der Waals surface area contributed by atoms with Gasteiger partial charge in [-0.1, -0.05) is 0 Å². The molecule has 0 saturated heterocycles. The lowest BCUT2D eigenvalue weighted by atomic mass is 10.3. The Morgan fingerprint density at radius 3 is 2.92 bits per heavy atom. The third-order valence-corrected chi connectivity index (χ3v) is 2.58. The van der Waals surface area contributed by atoms with E-state index in [0.29, 0.717) is 10.4 Å². The summed E-state index contributed by atoms with van der Waals surface area (Å²) >= 11 is 6.39. The van der Waals surface area contributed by atoms with Gasteiger partial charge >= 0.3 is 0 Å². The topological polar surface area (TPSA) is 46.5 Å². The minimum absolute atomic E-state index is 0.405. The average Bonchev–Trinajstić information content (AvgIpc) is 2.51. The zero-order valence-electron chi connectivity index (χ0n) is 6.28. The molecular weight excluding hydrogens is 200 g/mol. The molecule has 1 aromatic rings. The predicted molar refractivity (Wildman–Crippen MR) is 46.5 cm³/mol. The summed E-state index contributed by atoms with van der Waals surface area (Å²) in [5.41, 5.74) is 0.548. The molecule has 3 nitrogen and oxygen atoms in total. The van der Waals surface area contributed by atoms with Crippen LogP contribution >= 0.6 is 22.9 Å². The lowest BCUT2D eigenvalue weighted by Gasteiger charge is -2.03. The van der Waals surface area contributed by atoms with E-state index in [0.717, 1.165) is 0 Å². The Bertz CT molecular complexity index is 284. The van der Waals surface area contributed by atoms with E-state index in [1.54, 1.807) is 5.38 Å². The summed E-state index contributed by atoms with van der Waals surface area (Å²) in [6, 6.07) is 1.51. The van der Waals surface area contributed by atoms with Crippen molar-refractivity contribution in [1.82, 2.24) is 0 Å². The van der Waals surface area contributed by atoms with Crippen LogP contribution in [0.3, 0.4) is 0 Å². The highest BCUT2D eigenvalue weighted by molar-refractivity contribution is 7.14. The second-order valence-electron chi connectivity index (χ2n) is 2.11. The number of aliphatic hydroxyl groups is 1. The normalized spacial score (nSPS) is 12.9. The van der Waals surface area contributed by atoms with E-state index in [-0.39, 0.29) is 0 Å². The van der Waals surface area contributed by atoms with Gasteiger partial charge in [0.2, 0.25) is 0 Å². The molecule has 0 spiro atoms. The summed E-state index contributed by atoms with van der Waals surface area (Å²) in [4.78, 5) is 11.0. The molecule has 12 heavy (non-hydrogen) atoms. The maximum Gasteiger partial charge on any atom is 0.262 e. The third-order valence-electron chi connectivity index (χ3n) is 1.32. The van der Waals surface area contributed by atoms with Crippen LogP contribution < -0.4 is 0 Å². The van der Waals surface area contributed by atoms with Gasteiger partial charge in [-0.3, -0.25) is 4.79 Å². The van der Waals surface area contributed by atoms with Crippen molar-refractivity contribution in [1.29, 1.82) is 0 Å². The number of carbonyl (C=O) groups excluding carboxylic acids is 1. The van der Waals surface area contributed by atoms with Crippen molar-refractivity contribution in [2.45, 2.75) is 6.29 Å². The van der Waals surface area contributed by atoms with E-state index in [4.69, 9.17) is 16.7 Å². The van der Waals surface area contributed by atoms with Gasteiger partial charge in [-0.05, 0) is 23.0 Å². The van der Waals surface area contributed by atoms with Crippen LogP contribution in [-0.4, -0.2) is 17.5 Å². The quantitative estimate of drug-likeness (QED) is 0.606. The summed E-state index contributed by atoms with van der Waals surface area (Å²) < 4.78 is 4.64. The molecule has 0 radical (unpaired) electrons. The van der Waals surface area contributed by atoms with Gasteiger partial charge in [-0.2, -0.15) is 0 Å². The Labute approximate surface area is 78.5 Å². The maximum absolute atomic E-state index is 10.6. The highest BCUT2D eigenvalue weighted by Crippen LogP contribution is 2.22. The molecular formula is C7H7ClO3S. The Morgan fingerprint density at radius 1 is 1.83 bits per heavy atom. The first-order valence-electron chi connectivity index (χ1n) is 3.14. The lowest BCUT2D eigenvalue weighted by molar-refractivity contribution is -0.0766. The first kappa shape index (κ1) is 9.67. The number of rotatable bonds is 3. The van der Waals surface area contributed by atoms with Crippen LogP contribution in [0.5, 0.6) is 0 Å². The molecule has 5 heteroatoms. The highest BCUT2D eigenvalue weighted by atomic mass is 35.5. The van der Waals surface area contributed by atoms with Crippen molar-refractivity contribution in [3.8, 4) is 0 Å². The van der Waals surface area contributed by atoms with Crippen LogP contribution in [0.1, 0.15) is 21.5 Å². The molecule has 1 heterocycles. The molecule has 0 fully saturated rings. The molecule has 0 amide bonds. The average molecular weight is 207 g/mol. The molecule has 66 valence electrons. The molecule has 0 aliphatic heterocycles. The van der Waals surface area contributed by atoms with Crippen LogP contribution in [-0.2, 0) is 4.74 Å². The first-order valence-corrected chi connectivity index (χ1v) is 4.40. The maximum atomic E-state index is 10.6. The standard InChI is InChI=1S/C7H7ClO3S/c1-11-7(10)4-2-5(6(8)9)12-3-4/h2-3,7,10H,1H3. The third kappa shape index (κ3) is 2.04. The summed E-state index contributed by atoms with van der Waals surface area (Å²) in [7, 11) is 1.38. The second-order valence-corrected chi connectivity index (χ2v) is 3.36. The fourth-order valence-corrected chi connectivity index (χ4v) is 1.65. The van der Waals surface area contributed by atoms with Crippen LogP contribution in [0.25, 0.3) is 0 Å². The fourth-order valence-electron chi connectivity index (χ4n) is 0.720. The van der Waals surface area contributed by atoms with E-state index in [9.17, 15) is 4.79 Å². The number of halogens is 1. The zero-order valence-corrected chi connectivity index (χ0v) is 7.85. The molecule has 0 aliphatic rings. The molecule has 0 aliphatic carbocycles. The molecule has 1 unspecified atom stereocenters. The fraction of sp³-hybridized carbons (Fsp3) is 0.286. The summed E-state index contributed by atoms with van der Waals surface area (Å²) in [6.07, 6.45) is -0.981. The monoisotopic (exact) mass is 206 g/mol. The Balaban J connectivity index is 2.84. The number of aliphatic hydroxyl groups excluding tert-OH is 1. The molecule has 1 aromatic heterocycles. The molecule has 1 N–H and O–H groups in total. The van der Waals surface area contributed by atoms with Crippen molar-refractivity contribution < 1.29 is 14.6 Å². The molecule has 0 aromatic carbocycles. The van der Waals surface area contributed by atoms with Gasteiger partial charge in [-0.25, -0.2) is 0 Å². The number of carbonyl (C=O) groups is 1. The smallest absolute Gasteiger partial charge is 0.262 e. The van der Waals surface area contributed by atoms with E-state index in [2.05, 4.69) is 4.74 Å². The largest absolute Gasteiger partial charge is 0.364 e. The van der Waals surface area contributed by atoms with Crippen molar-refractivity contribution >= 4 is 28.2 Å². The zero-order chi connectivity index (χ0) is 9.14. The van der Waals surface area contributed by atoms with E-state index >= 15 is 0 Å². The highest BCUT2D eigenvalue weighted by Gasteiger charge is 2.11. The molecule has 1 atom stereocenters. The van der Waals surface area contributed by atoms with Crippen LogP contribution in [0.15, 0.2) is 11.4 Å². The minimum Gasteiger partial charge on any atom is -0.364 e. The van der Waals surface area contributed by atoms with E-state index < -0.39 is 11.5 Å². The lowest BCUT2D eigenvalue weighted by Crippen LogP contribution is -1.96. The number of hydrogen-bond donors (Lipinski definition) is 1. The van der Waals surface area contributed by atoms with Gasteiger partial charge in [0.05, 0.1) is 4.88 Å². The van der Waals surface area contributed by atoms with Gasteiger partial charge in [-0.15, -0.1) is 11.3 Å². The second kappa shape index (κ2) is 4.00. The Morgan fingerprint density at radius 2 is 2.50 bits per heavy atom. The van der Waals surface area contributed by atoms with Gasteiger partial charge in [0.15, 0.2) is 6.29 Å². The summed E-state index contributed by atoms with van der Waals surface area (Å²) in [5.74, 6) is 0. The number of ether oxygens (including phenoxy) is 1. The van der Waals surface area contributed by atoms with Crippen LogP contribution in [0.2, 0.25) is 0 Å². The van der Waals surface area contributed by atoms with Crippen molar-refractivity contribution in [2.24, 2.45) is 0 Å². The van der Waals surface area contributed by atoms with Crippen molar-refractivity contribution in [3.05, 3.63) is 21.9 Å². The minimum atomic E-state index is -0.981. The summed E-state index contributed by atoms with van der Waals surface area (Å²) in [5, 5.41) is 10.3. The molecule has 0 bridgehead atoms. The van der Waals surface area contributed by atoms with Gasteiger partial charge < -0.3 is 9.84 Å². The van der Waals surface area contributed by atoms with Crippen LogP contribution in [0, 0.1) is 0 Å². The number of hydrogen-bond acceptors (Lipinski definition) is 4. The number of thiophene rings is 1. The summed E-state index contributed by atoms with van der Waals surface area (Å²) in [6.45, 7) is 0. The van der Waals surface area contributed by atoms with Gasteiger partial charge in [0, 0.05) is 12.7 Å². The predicted octanol–water partition coefficient (Wildman–Crippen LogP) is 1.76. The molecule has 0 saturated carbocycles. The SMILES string of the molecule is COC(O)c1csc(C(=O)Cl)c1. The van der Waals surface area contributed by atoms with Gasteiger partial charge in [0.25, 0.3) is 5.24 Å². The van der Waals surface area contributed by atoms with E-state index in [1.807, 2.05) is 0 Å². The van der Waals surface area contributed by atoms with Gasteiger partial charge in [0.1, 0.15) is 0 Å². The number of methoxy groups -OCH3 is 1. The first-order chi connectivity index (χ1) is 5.65. The van der Waals surface area contributed by atoms with Crippen molar-refractivity contribution in [2.75, 3.05) is 7.11 Å². The Hall–Kier alpha value is -0.420. The van der Waals surface area contributed by atoms with Crippen molar-refractivity contribution in [3.63, 3.8) is 0 Å². The molecule has 1 rings (SSSR count). The Kier molecular flexibility index (Phi) is 3.22.